The van der Waals surface area contributed by atoms with E-state index in [9.17, 15) is 4.79 Å². The normalized spacial score (nSPS) is 18.0. The first kappa shape index (κ1) is 17.3. The Morgan fingerprint density at radius 2 is 1.96 bits per heavy atom. The Morgan fingerprint density at radius 3 is 2.64 bits per heavy atom. The van der Waals surface area contributed by atoms with E-state index in [-0.39, 0.29) is 17.6 Å². The summed E-state index contributed by atoms with van der Waals surface area (Å²) in [5.41, 5.74) is 9.41. The molecular weight excluding hydrogens is 316 g/mol. The largest absolute Gasteiger partial charge is 0.475 e. The summed E-state index contributed by atoms with van der Waals surface area (Å²) in [5.74, 6) is 0.614. The van der Waals surface area contributed by atoms with Crippen LogP contribution in [0, 0.1) is 5.41 Å². The quantitative estimate of drug-likeness (QED) is 0.902. The summed E-state index contributed by atoms with van der Waals surface area (Å²) in [4.78, 5) is 15.5. The summed E-state index contributed by atoms with van der Waals surface area (Å²) in [6.07, 6.45) is 1.61. The van der Waals surface area contributed by atoms with Crippen molar-refractivity contribution in [1.82, 2.24) is 4.98 Å². The number of pyridine rings is 1. The number of nitrogens with two attached hydrogens (primary N) is 1. The maximum Gasteiger partial charge on any atom is 0.405 e. The number of benzene rings is 1. The second-order valence-corrected chi connectivity index (χ2v) is 7.45. The second-order valence-electron chi connectivity index (χ2n) is 7.45. The average molecular weight is 340 g/mol. The van der Waals surface area contributed by atoms with E-state index in [0.29, 0.717) is 5.88 Å². The summed E-state index contributed by atoms with van der Waals surface area (Å²) >= 11 is 0. The summed E-state index contributed by atoms with van der Waals surface area (Å²) in [6, 6.07) is 10.1. The van der Waals surface area contributed by atoms with E-state index >= 15 is 0 Å². The molecule has 0 saturated carbocycles. The highest BCUT2D eigenvalue weighted by Crippen LogP contribution is 2.48. The van der Waals surface area contributed by atoms with Gasteiger partial charge < -0.3 is 15.2 Å². The molecule has 0 saturated heterocycles. The number of aromatic nitrogens is 1. The number of hydrogen-bond acceptors (Lipinski definition) is 4. The van der Waals surface area contributed by atoms with Crippen LogP contribution in [0.15, 0.2) is 36.5 Å². The van der Waals surface area contributed by atoms with Gasteiger partial charge in [0.2, 0.25) is 5.88 Å². The number of ether oxygens (including phenoxy) is 2. The molecule has 1 atom stereocenters. The lowest BCUT2D eigenvalue weighted by atomic mass is 9.87. The molecule has 1 unspecified atom stereocenters. The average Bonchev–Trinajstić information content (AvgIpc) is 2.76. The molecule has 5 nitrogen and oxygen atoms in total. The lowest BCUT2D eigenvalue weighted by Crippen LogP contribution is -2.25. The van der Waals surface area contributed by atoms with Gasteiger partial charge in [-0.1, -0.05) is 32.0 Å². The van der Waals surface area contributed by atoms with E-state index in [0.717, 1.165) is 23.1 Å². The molecular formula is C20H24N2O3. The number of fused-ring (bicyclic) bond motifs is 1. The third-order valence-electron chi connectivity index (χ3n) is 4.44. The first-order chi connectivity index (χ1) is 11.8. The van der Waals surface area contributed by atoms with Gasteiger partial charge in [-0.15, -0.1) is 0 Å². The molecule has 1 aliphatic carbocycles. The van der Waals surface area contributed by atoms with Crippen molar-refractivity contribution in [3.05, 3.63) is 47.7 Å². The fraction of sp³-hybridized carbons (Fsp3) is 0.400. The molecule has 132 valence electrons. The van der Waals surface area contributed by atoms with Gasteiger partial charge in [-0.05, 0) is 48.6 Å². The predicted molar refractivity (Wildman–Crippen MR) is 96.3 cm³/mol. The van der Waals surface area contributed by atoms with Crippen molar-refractivity contribution in [1.29, 1.82) is 0 Å². The molecule has 1 heterocycles. The minimum atomic E-state index is -0.736. The maximum absolute atomic E-state index is 11.2. The van der Waals surface area contributed by atoms with Crippen LogP contribution in [-0.4, -0.2) is 17.2 Å². The van der Waals surface area contributed by atoms with E-state index < -0.39 is 6.09 Å². The molecule has 0 spiro atoms. The number of amides is 1. The molecule has 1 amide bonds. The molecule has 5 heteroatoms. The highest BCUT2D eigenvalue weighted by atomic mass is 16.6. The lowest BCUT2D eigenvalue weighted by molar-refractivity contribution is 0.0392. The van der Waals surface area contributed by atoms with Crippen LogP contribution in [0.4, 0.5) is 4.79 Å². The van der Waals surface area contributed by atoms with Gasteiger partial charge in [0.25, 0.3) is 0 Å². The highest BCUT2D eigenvalue weighted by molar-refractivity contribution is 5.68. The maximum atomic E-state index is 11.2. The van der Waals surface area contributed by atoms with E-state index in [1.807, 2.05) is 38.1 Å². The highest BCUT2D eigenvalue weighted by Gasteiger charge is 2.41. The fourth-order valence-corrected chi connectivity index (χ4v) is 3.43. The Bertz CT molecular complexity index is 799. The van der Waals surface area contributed by atoms with Crippen molar-refractivity contribution in [2.45, 2.75) is 46.3 Å². The minimum Gasteiger partial charge on any atom is -0.475 e. The predicted octanol–water partition coefficient (Wildman–Crippen LogP) is 4.25. The van der Waals surface area contributed by atoms with Gasteiger partial charge in [-0.25, -0.2) is 9.78 Å². The standard InChI is InChI=1S/C20H24N2O3/c1-12(2)24-17-10-14(7-8-22-17)13-5-6-16-15(9-13)11-20(3,4)18(16)25-19(21)23/h5-10,12,18H,11H2,1-4H3,(H2,21,23). The van der Waals surface area contributed by atoms with Crippen LogP contribution in [0.1, 0.15) is 44.9 Å². The number of hydrogen-bond donors (Lipinski definition) is 1. The molecule has 1 aromatic carbocycles. The van der Waals surface area contributed by atoms with Crippen LogP contribution in [0.5, 0.6) is 5.88 Å². The Morgan fingerprint density at radius 1 is 1.24 bits per heavy atom. The number of carbonyl (C=O) groups excluding carboxylic acids is 1. The van der Waals surface area contributed by atoms with Crippen molar-refractivity contribution in [3.63, 3.8) is 0 Å². The summed E-state index contributed by atoms with van der Waals surface area (Å²) in [5, 5.41) is 0. The monoisotopic (exact) mass is 340 g/mol. The van der Waals surface area contributed by atoms with Gasteiger partial charge >= 0.3 is 6.09 Å². The van der Waals surface area contributed by atoms with Crippen LogP contribution in [0.2, 0.25) is 0 Å². The molecule has 0 radical (unpaired) electrons. The molecule has 25 heavy (non-hydrogen) atoms. The van der Waals surface area contributed by atoms with Gasteiger partial charge in [0, 0.05) is 17.7 Å². The molecule has 1 aliphatic rings. The summed E-state index contributed by atoms with van der Waals surface area (Å²) in [7, 11) is 0. The smallest absolute Gasteiger partial charge is 0.405 e. The van der Waals surface area contributed by atoms with Gasteiger partial charge in [-0.2, -0.15) is 0 Å². The van der Waals surface area contributed by atoms with E-state index in [2.05, 4.69) is 24.9 Å². The van der Waals surface area contributed by atoms with Gasteiger partial charge in [0.1, 0.15) is 6.10 Å². The number of carbonyl (C=O) groups is 1. The minimum absolute atomic E-state index is 0.0790. The zero-order valence-electron chi connectivity index (χ0n) is 15.1. The van der Waals surface area contributed by atoms with Gasteiger partial charge in [-0.3, -0.25) is 0 Å². The van der Waals surface area contributed by atoms with Gasteiger partial charge in [0.15, 0.2) is 0 Å². The molecule has 1 aromatic heterocycles. The lowest BCUT2D eigenvalue weighted by Gasteiger charge is -2.26. The van der Waals surface area contributed by atoms with Crippen LogP contribution >= 0.6 is 0 Å². The first-order valence-corrected chi connectivity index (χ1v) is 8.48. The van der Waals surface area contributed by atoms with Crippen molar-refractivity contribution >= 4 is 6.09 Å². The van der Waals surface area contributed by atoms with E-state index in [1.54, 1.807) is 6.20 Å². The second kappa shape index (κ2) is 6.39. The molecule has 0 bridgehead atoms. The van der Waals surface area contributed by atoms with Crippen molar-refractivity contribution in [2.24, 2.45) is 11.1 Å². The van der Waals surface area contributed by atoms with Crippen LogP contribution in [-0.2, 0) is 11.2 Å². The first-order valence-electron chi connectivity index (χ1n) is 8.48. The number of rotatable bonds is 4. The Balaban J connectivity index is 1.94. The summed E-state index contributed by atoms with van der Waals surface area (Å²) < 4.78 is 11.1. The van der Waals surface area contributed by atoms with E-state index in [4.69, 9.17) is 15.2 Å². The third kappa shape index (κ3) is 3.60. The summed E-state index contributed by atoms with van der Waals surface area (Å²) in [6.45, 7) is 8.12. The van der Waals surface area contributed by atoms with Crippen LogP contribution < -0.4 is 10.5 Å². The third-order valence-corrected chi connectivity index (χ3v) is 4.44. The Hall–Kier alpha value is -2.56. The molecule has 2 aromatic rings. The topological polar surface area (TPSA) is 74.4 Å². The fourth-order valence-electron chi connectivity index (χ4n) is 3.43. The van der Waals surface area contributed by atoms with Gasteiger partial charge in [0.05, 0.1) is 6.10 Å². The zero-order valence-corrected chi connectivity index (χ0v) is 15.1. The number of primary amides is 1. The molecule has 0 aliphatic heterocycles. The van der Waals surface area contributed by atoms with Crippen molar-refractivity contribution < 1.29 is 14.3 Å². The molecule has 2 N–H and O–H groups in total. The number of nitrogens with zero attached hydrogens (tertiary/aromatic N) is 1. The molecule has 0 fully saturated rings. The van der Waals surface area contributed by atoms with E-state index in [1.165, 1.54) is 5.56 Å². The Kier molecular flexibility index (Phi) is 4.41. The van der Waals surface area contributed by atoms with Crippen molar-refractivity contribution in [2.75, 3.05) is 0 Å². The van der Waals surface area contributed by atoms with Crippen LogP contribution in [0.25, 0.3) is 11.1 Å². The van der Waals surface area contributed by atoms with Crippen LogP contribution in [0.3, 0.4) is 0 Å². The molecule has 3 rings (SSSR count). The Labute approximate surface area is 148 Å². The SMILES string of the molecule is CC(C)Oc1cc(-c2ccc3c(c2)CC(C)(C)C3OC(N)=O)ccn1. The van der Waals surface area contributed by atoms with Crippen molar-refractivity contribution in [3.8, 4) is 17.0 Å². The zero-order chi connectivity index (χ0) is 18.2.